The van der Waals surface area contributed by atoms with Gasteiger partial charge in [0, 0.05) is 5.69 Å². The summed E-state index contributed by atoms with van der Waals surface area (Å²) >= 11 is 0. The van der Waals surface area contributed by atoms with Gasteiger partial charge in [0.2, 0.25) is 0 Å². The average Bonchev–Trinajstić information content (AvgIpc) is 2.37. The van der Waals surface area contributed by atoms with Crippen LogP contribution in [-0.2, 0) is 0 Å². The van der Waals surface area contributed by atoms with Crippen LogP contribution in [0.25, 0.3) is 0 Å². The number of hydrogen-bond acceptors (Lipinski definition) is 3. The maximum Gasteiger partial charge on any atom is 0.148 e. The summed E-state index contributed by atoms with van der Waals surface area (Å²) in [5, 5.41) is 3.00. The molecule has 0 aliphatic rings. The Labute approximate surface area is 112 Å². The molecule has 0 spiro atoms. The third-order valence-electron chi connectivity index (χ3n) is 2.79. The zero-order valence-electron chi connectivity index (χ0n) is 11.0. The Morgan fingerprint density at radius 1 is 1.26 bits per heavy atom. The van der Waals surface area contributed by atoms with E-state index in [0.717, 1.165) is 17.0 Å². The third kappa shape index (κ3) is 2.96. The molecular formula is C15H17FN2O. The lowest BCUT2D eigenvalue weighted by Crippen LogP contribution is -2.00. The normalized spacial score (nSPS) is 10.3. The van der Waals surface area contributed by atoms with Gasteiger partial charge in [-0.05, 0) is 49.7 Å². The van der Waals surface area contributed by atoms with E-state index in [1.165, 1.54) is 6.07 Å². The molecule has 100 valence electrons. The second-order valence-electron chi connectivity index (χ2n) is 4.24. The second-order valence-corrected chi connectivity index (χ2v) is 4.24. The lowest BCUT2D eigenvalue weighted by molar-refractivity contribution is 0.338. The molecule has 0 radical (unpaired) electrons. The maximum absolute atomic E-state index is 13.7. The molecule has 2 aromatic carbocycles. The fraction of sp³-hybridized carbons (Fsp3) is 0.200. The van der Waals surface area contributed by atoms with Crippen LogP contribution in [0, 0.1) is 12.7 Å². The lowest BCUT2D eigenvalue weighted by Gasteiger charge is -2.13. The summed E-state index contributed by atoms with van der Waals surface area (Å²) in [6.07, 6.45) is 0. The Hall–Kier alpha value is -2.23. The van der Waals surface area contributed by atoms with E-state index >= 15 is 0 Å². The Bertz CT molecular complexity index is 564. The molecule has 0 atom stereocenters. The molecule has 2 rings (SSSR count). The number of anilines is 3. The van der Waals surface area contributed by atoms with Crippen LogP contribution in [0.1, 0.15) is 12.5 Å². The number of hydrogen-bond donors (Lipinski definition) is 2. The fourth-order valence-corrected chi connectivity index (χ4v) is 1.86. The number of aryl methyl sites for hydroxylation is 1. The van der Waals surface area contributed by atoms with Gasteiger partial charge in [0.05, 0.1) is 18.0 Å². The third-order valence-corrected chi connectivity index (χ3v) is 2.79. The molecule has 0 aliphatic heterocycles. The molecule has 0 heterocycles. The summed E-state index contributed by atoms with van der Waals surface area (Å²) in [6, 6.07) is 10.2. The first-order valence-electron chi connectivity index (χ1n) is 6.16. The topological polar surface area (TPSA) is 47.3 Å². The van der Waals surface area contributed by atoms with Crippen molar-refractivity contribution >= 4 is 17.1 Å². The Kier molecular flexibility index (Phi) is 3.90. The molecule has 0 saturated carbocycles. The van der Waals surface area contributed by atoms with Crippen molar-refractivity contribution in [2.75, 3.05) is 17.7 Å². The van der Waals surface area contributed by atoms with Crippen molar-refractivity contribution < 1.29 is 9.13 Å². The van der Waals surface area contributed by atoms with Gasteiger partial charge in [-0.15, -0.1) is 0 Å². The molecule has 0 aromatic heterocycles. The number of para-hydroxylation sites is 1. The van der Waals surface area contributed by atoms with E-state index in [2.05, 4.69) is 5.32 Å². The molecule has 0 unspecified atom stereocenters. The number of nitrogens with one attached hydrogen (secondary N) is 1. The first kappa shape index (κ1) is 13.2. The maximum atomic E-state index is 13.7. The number of halogens is 1. The van der Waals surface area contributed by atoms with Gasteiger partial charge in [-0.25, -0.2) is 4.39 Å². The standard InChI is InChI=1S/C15H17FN2O/c1-3-19-14-8-7-11(9-10(14)2)18-15-12(16)5-4-6-13(15)17/h4-9,18H,3,17H2,1-2H3. The van der Waals surface area contributed by atoms with Gasteiger partial charge in [-0.3, -0.25) is 0 Å². The van der Waals surface area contributed by atoms with Crippen LogP contribution in [0.2, 0.25) is 0 Å². The van der Waals surface area contributed by atoms with E-state index in [1.807, 2.05) is 32.0 Å². The molecule has 0 fully saturated rings. The van der Waals surface area contributed by atoms with Crippen LogP contribution in [-0.4, -0.2) is 6.61 Å². The highest BCUT2D eigenvalue weighted by atomic mass is 19.1. The smallest absolute Gasteiger partial charge is 0.148 e. The summed E-state index contributed by atoms with van der Waals surface area (Å²) in [4.78, 5) is 0. The number of benzene rings is 2. The van der Waals surface area contributed by atoms with E-state index < -0.39 is 0 Å². The van der Waals surface area contributed by atoms with Crippen LogP contribution in [0.4, 0.5) is 21.5 Å². The van der Waals surface area contributed by atoms with Gasteiger partial charge in [-0.2, -0.15) is 0 Å². The summed E-state index contributed by atoms with van der Waals surface area (Å²) in [5.41, 5.74) is 8.20. The van der Waals surface area contributed by atoms with E-state index in [9.17, 15) is 4.39 Å². The van der Waals surface area contributed by atoms with Crippen molar-refractivity contribution in [2.24, 2.45) is 0 Å². The quantitative estimate of drug-likeness (QED) is 0.821. The zero-order valence-corrected chi connectivity index (χ0v) is 11.0. The van der Waals surface area contributed by atoms with Crippen molar-refractivity contribution in [3.8, 4) is 5.75 Å². The SMILES string of the molecule is CCOc1ccc(Nc2c(N)cccc2F)cc1C. The summed E-state index contributed by atoms with van der Waals surface area (Å²) in [5.74, 6) is 0.459. The second kappa shape index (κ2) is 5.61. The molecule has 0 aliphatic carbocycles. The lowest BCUT2D eigenvalue weighted by atomic mass is 10.2. The van der Waals surface area contributed by atoms with Crippen LogP contribution in [0.15, 0.2) is 36.4 Å². The molecular weight excluding hydrogens is 243 g/mol. The first-order chi connectivity index (χ1) is 9.11. The van der Waals surface area contributed by atoms with Crippen LogP contribution in [0.3, 0.4) is 0 Å². The molecule has 0 bridgehead atoms. The van der Waals surface area contributed by atoms with Crippen molar-refractivity contribution in [1.29, 1.82) is 0 Å². The Morgan fingerprint density at radius 3 is 2.68 bits per heavy atom. The van der Waals surface area contributed by atoms with Gasteiger partial charge in [0.1, 0.15) is 11.6 Å². The van der Waals surface area contributed by atoms with E-state index in [1.54, 1.807) is 12.1 Å². The van der Waals surface area contributed by atoms with E-state index in [4.69, 9.17) is 10.5 Å². The molecule has 4 heteroatoms. The van der Waals surface area contributed by atoms with E-state index in [-0.39, 0.29) is 5.82 Å². The largest absolute Gasteiger partial charge is 0.494 e. The van der Waals surface area contributed by atoms with Gasteiger partial charge < -0.3 is 15.8 Å². The zero-order chi connectivity index (χ0) is 13.8. The molecule has 19 heavy (non-hydrogen) atoms. The minimum absolute atomic E-state index is 0.297. The van der Waals surface area contributed by atoms with Gasteiger partial charge >= 0.3 is 0 Å². The van der Waals surface area contributed by atoms with Crippen molar-refractivity contribution in [1.82, 2.24) is 0 Å². The van der Waals surface area contributed by atoms with Gasteiger partial charge in [0.15, 0.2) is 0 Å². The average molecular weight is 260 g/mol. The van der Waals surface area contributed by atoms with E-state index in [0.29, 0.717) is 18.0 Å². The monoisotopic (exact) mass is 260 g/mol. The predicted molar refractivity (Wildman–Crippen MR) is 76.4 cm³/mol. The predicted octanol–water partition coefficient (Wildman–Crippen LogP) is 3.86. The van der Waals surface area contributed by atoms with Crippen LogP contribution in [0.5, 0.6) is 5.75 Å². The summed E-state index contributed by atoms with van der Waals surface area (Å²) < 4.78 is 19.1. The Balaban J connectivity index is 2.27. The highest BCUT2D eigenvalue weighted by Crippen LogP contribution is 2.28. The number of nitrogen functional groups attached to an aromatic ring is 1. The van der Waals surface area contributed by atoms with Crippen molar-refractivity contribution in [3.05, 3.63) is 47.8 Å². The minimum Gasteiger partial charge on any atom is -0.494 e. The highest BCUT2D eigenvalue weighted by Gasteiger charge is 2.07. The fourth-order valence-electron chi connectivity index (χ4n) is 1.86. The van der Waals surface area contributed by atoms with Gasteiger partial charge in [-0.1, -0.05) is 6.07 Å². The molecule has 0 amide bonds. The molecule has 0 saturated heterocycles. The first-order valence-corrected chi connectivity index (χ1v) is 6.16. The molecule has 3 nitrogen and oxygen atoms in total. The van der Waals surface area contributed by atoms with Gasteiger partial charge in [0.25, 0.3) is 0 Å². The number of nitrogens with two attached hydrogens (primary N) is 1. The molecule has 3 N–H and O–H groups in total. The van der Waals surface area contributed by atoms with Crippen molar-refractivity contribution in [2.45, 2.75) is 13.8 Å². The van der Waals surface area contributed by atoms with Crippen molar-refractivity contribution in [3.63, 3.8) is 0 Å². The van der Waals surface area contributed by atoms with Crippen LogP contribution < -0.4 is 15.8 Å². The Morgan fingerprint density at radius 2 is 2.05 bits per heavy atom. The summed E-state index contributed by atoms with van der Waals surface area (Å²) in [7, 11) is 0. The number of ether oxygens (including phenoxy) is 1. The minimum atomic E-state index is -0.369. The molecule has 2 aromatic rings. The highest BCUT2D eigenvalue weighted by molar-refractivity contribution is 5.73. The van der Waals surface area contributed by atoms with Crippen LogP contribution >= 0.6 is 0 Å². The number of rotatable bonds is 4. The summed E-state index contributed by atoms with van der Waals surface area (Å²) in [6.45, 7) is 4.50.